The second kappa shape index (κ2) is 7.76. The number of rotatable bonds is 5. The highest BCUT2D eigenvalue weighted by Gasteiger charge is 2.34. The Labute approximate surface area is 168 Å². The normalized spacial score (nSPS) is 17.3. The van der Waals surface area contributed by atoms with Gasteiger partial charge in [-0.1, -0.05) is 0 Å². The van der Waals surface area contributed by atoms with Crippen molar-refractivity contribution in [2.75, 3.05) is 20.2 Å². The number of hydrogen-bond acceptors (Lipinski definition) is 6. The molecule has 4 rings (SSSR count). The number of sulfonamides is 1. The van der Waals surface area contributed by atoms with E-state index >= 15 is 0 Å². The van der Waals surface area contributed by atoms with Crippen LogP contribution in [0.3, 0.4) is 0 Å². The fraction of sp³-hybridized carbons (Fsp3) is 0.250. The van der Waals surface area contributed by atoms with Gasteiger partial charge in [-0.25, -0.2) is 13.4 Å². The van der Waals surface area contributed by atoms with Crippen molar-refractivity contribution in [3.63, 3.8) is 0 Å². The van der Waals surface area contributed by atoms with Crippen LogP contribution in [-0.4, -0.2) is 47.9 Å². The van der Waals surface area contributed by atoms with Gasteiger partial charge < -0.3 is 9.72 Å². The number of aromatic amines is 1. The molecule has 1 atom stereocenters. The molecule has 8 nitrogen and oxygen atoms in total. The molecule has 0 amide bonds. The topological polar surface area (TPSA) is 105 Å². The fourth-order valence-corrected chi connectivity index (χ4v) is 4.90. The van der Waals surface area contributed by atoms with Crippen molar-refractivity contribution < 1.29 is 13.2 Å². The zero-order valence-corrected chi connectivity index (χ0v) is 16.6. The number of nitrogens with zero attached hydrogens (tertiary/aromatic N) is 3. The van der Waals surface area contributed by atoms with Gasteiger partial charge >= 0.3 is 0 Å². The molecule has 1 saturated heterocycles. The Bertz CT molecular complexity index is 1160. The van der Waals surface area contributed by atoms with Crippen molar-refractivity contribution >= 4 is 10.0 Å². The van der Waals surface area contributed by atoms with Gasteiger partial charge in [0.25, 0.3) is 5.56 Å². The van der Waals surface area contributed by atoms with Crippen LogP contribution in [0.1, 0.15) is 18.2 Å². The second-order valence-electron chi connectivity index (χ2n) is 6.78. The molecule has 9 heteroatoms. The Hall–Kier alpha value is -3.04. The minimum absolute atomic E-state index is 0.188. The highest BCUT2D eigenvalue weighted by molar-refractivity contribution is 7.89. The monoisotopic (exact) mass is 412 g/mol. The molecule has 0 aliphatic carbocycles. The van der Waals surface area contributed by atoms with E-state index in [9.17, 15) is 13.2 Å². The van der Waals surface area contributed by atoms with Gasteiger partial charge in [0.1, 0.15) is 11.6 Å². The highest BCUT2D eigenvalue weighted by Crippen LogP contribution is 2.30. The lowest BCUT2D eigenvalue weighted by Crippen LogP contribution is -2.29. The Morgan fingerprint density at radius 1 is 1.21 bits per heavy atom. The van der Waals surface area contributed by atoms with Crippen molar-refractivity contribution in [2.45, 2.75) is 17.2 Å². The SMILES string of the molecule is COc1ccc(S(=O)(=O)N2CC[C@H](c3nc(-c4cccnc4)cc(=O)[nH]3)C2)cc1. The van der Waals surface area contributed by atoms with Gasteiger partial charge in [-0.05, 0) is 42.8 Å². The van der Waals surface area contributed by atoms with Crippen LogP contribution in [0.4, 0.5) is 0 Å². The van der Waals surface area contributed by atoms with Gasteiger partial charge in [-0.2, -0.15) is 4.31 Å². The van der Waals surface area contributed by atoms with Crippen LogP contribution in [0.5, 0.6) is 5.75 Å². The highest BCUT2D eigenvalue weighted by atomic mass is 32.2. The first-order valence-corrected chi connectivity index (χ1v) is 10.6. The molecule has 29 heavy (non-hydrogen) atoms. The summed E-state index contributed by atoms with van der Waals surface area (Å²) < 4.78 is 32.4. The van der Waals surface area contributed by atoms with Crippen LogP contribution in [0.15, 0.2) is 64.5 Å². The maximum absolute atomic E-state index is 13.0. The lowest BCUT2D eigenvalue weighted by atomic mass is 10.1. The van der Waals surface area contributed by atoms with E-state index in [1.165, 1.54) is 29.6 Å². The van der Waals surface area contributed by atoms with Crippen LogP contribution in [0.2, 0.25) is 0 Å². The molecule has 1 aliphatic heterocycles. The number of aromatic nitrogens is 3. The first-order valence-electron chi connectivity index (χ1n) is 9.13. The van der Waals surface area contributed by atoms with E-state index in [-0.39, 0.29) is 22.9 Å². The third-order valence-corrected chi connectivity index (χ3v) is 6.83. The van der Waals surface area contributed by atoms with Gasteiger partial charge in [-0.15, -0.1) is 0 Å². The Kier molecular flexibility index (Phi) is 5.16. The average molecular weight is 412 g/mol. The summed E-state index contributed by atoms with van der Waals surface area (Å²) in [6.07, 6.45) is 3.87. The van der Waals surface area contributed by atoms with Crippen molar-refractivity contribution in [2.24, 2.45) is 0 Å². The molecule has 3 aromatic rings. The molecular formula is C20H20N4O4S. The number of H-pyrrole nitrogens is 1. The summed E-state index contributed by atoms with van der Waals surface area (Å²) in [5, 5.41) is 0. The lowest BCUT2D eigenvalue weighted by Gasteiger charge is -2.17. The maximum atomic E-state index is 13.0. The predicted molar refractivity (Wildman–Crippen MR) is 107 cm³/mol. The Balaban J connectivity index is 1.58. The minimum Gasteiger partial charge on any atom is -0.497 e. The average Bonchev–Trinajstić information content (AvgIpc) is 3.25. The minimum atomic E-state index is -3.63. The maximum Gasteiger partial charge on any atom is 0.251 e. The number of ether oxygens (including phenoxy) is 1. The van der Waals surface area contributed by atoms with E-state index in [0.29, 0.717) is 30.2 Å². The van der Waals surface area contributed by atoms with E-state index in [1.807, 2.05) is 6.07 Å². The Morgan fingerprint density at radius 3 is 2.69 bits per heavy atom. The van der Waals surface area contributed by atoms with Gasteiger partial charge in [-0.3, -0.25) is 9.78 Å². The number of pyridine rings is 1. The molecular weight excluding hydrogens is 392 g/mol. The van der Waals surface area contributed by atoms with E-state index in [1.54, 1.807) is 30.6 Å². The van der Waals surface area contributed by atoms with Crippen LogP contribution < -0.4 is 10.3 Å². The molecule has 3 heterocycles. The van der Waals surface area contributed by atoms with Crippen LogP contribution in [0, 0.1) is 0 Å². The number of benzene rings is 1. The van der Waals surface area contributed by atoms with E-state index < -0.39 is 10.0 Å². The first kappa shape index (κ1) is 19.3. The van der Waals surface area contributed by atoms with Crippen LogP contribution in [0.25, 0.3) is 11.3 Å². The van der Waals surface area contributed by atoms with Crippen molar-refractivity contribution in [3.8, 4) is 17.0 Å². The van der Waals surface area contributed by atoms with E-state index in [2.05, 4.69) is 15.0 Å². The van der Waals surface area contributed by atoms with Crippen molar-refractivity contribution in [3.05, 3.63) is 71.0 Å². The summed E-state index contributed by atoms with van der Waals surface area (Å²) >= 11 is 0. The third-order valence-electron chi connectivity index (χ3n) is 4.95. The van der Waals surface area contributed by atoms with E-state index in [0.717, 1.165) is 5.56 Å². The molecule has 1 aliphatic rings. The molecule has 0 saturated carbocycles. The summed E-state index contributed by atoms with van der Waals surface area (Å²) in [4.78, 5) is 23.7. The lowest BCUT2D eigenvalue weighted by molar-refractivity contribution is 0.414. The molecule has 0 spiro atoms. The molecule has 1 fully saturated rings. The summed E-state index contributed by atoms with van der Waals surface area (Å²) in [5.74, 6) is 0.897. The zero-order chi connectivity index (χ0) is 20.4. The molecule has 0 unspecified atom stereocenters. The van der Waals surface area contributed by atoms with Gasteiger partial charge in [0.05, 0.1) is 17.7 Å². The zero-order valence-electron chi connectivity index (χ0n) is 15.8. The van der Waals surface area contributed by atoms with E-state index in [4.69, 9.17) is 4.74 Å². The predicted octanol–water partition coefficient (Wildman–Crippen LogP) is 2.02. The van der Waals surface area contributed by atoms with Gasteiger partial charge in [0.15, 0.2) is 0 Å². The summed E-state index contributed by atoms with van der Waals surface area (Å²) in [7, 11) is -2.10. The quantitative estimate of drug-likeness (QED) is 0.687. The molecule has 2 aromatic heterocycles. The summed E-state index contributed by atoms with van der Waals surface area (Å²) in [5.41, 5.74) is 0.985. The molecule has 1 aromatic carbocycles. The standard InChI is InChI=1S/C20H20N4O4S/c1-28-16-4-6-17(7-5-16)29(26,27)24-10-8-15(13-24)20-22-18(11-19(25)23-20)14-3-2-9-21-12-14/h2-7,9,11-12,15H,8,10,13H2,1H3,(H,22,23,25)/t15-/m0/s1. The Morgan fingerprint density at radius 2 is 2.00 bits per heavy atom. The molecule has 0 bridgehead atoms. The van der Waals surface area contributed by atoms with Gasteiger partial charge in [0.2, 0.25) is 10.0 Å². The second-order valence-corrected chi connectivity index (χ2v) is 8.72. The third kappa shape index (κ3) is 3.92. The largest absolute Gasteiger partial charge is 0.497 e. The van der Waals surface area contributed by atoms with Crippen molar-refractivity contribution in [1.29, 1.82) is 0 Å². The summed E-state index contributed by atoms with van der Waals surface area (Å²) in [6, 6.07) is 11.3. The number of methoxy groups -OCH3 is 1. The van der Waals surface area contributed by atoms with Crippen LogP contribution in [-0.2, 0) is 10.0 Å². The molecule has 0 radical (unpaired) electrons. The van der Waals surface area contributed by atoms with Gasteiger partial charge in [0, 0.05) is 43.0 Å². The molecule has 150 valence electrons. The molecule has 1 N–H and O–H groups in total. The first-order chi connectivity index (χ1) is 14.0. The number of nitrogens with one attached hydrogen (secondary N) is 1. The van der Waals surface area contributed by atoms with Crippen molar-refractivity contribution in [1.82, 2.24) is 19.3 Å². The number of hydrogen-bond donors (Lipinski definition) is 1. The smallest absolute Gasteiger partial charge is 0.251 e. The van der Waals surface area contributed by atoms with Crippen LogP contribution >= 0.6 is 0 Å². The summed E-state index contributed by atoms with van der Waals surface area (Å²) in [6.45, 7) is 0.619. The fourth-order valence-electron chi connectivity index (χ4n) is 3.40.